The van der Waals surface area contributed by atoms with Crippen molar-refractivity contribution in [2.24, 2.45) is 5.41 Å². The van der Waals surface area contributed by atoms with Crippen LogP contribution < -0.4 is 0 Å². The van der Waals surface area contributed by atoms with E-state index in [0.717, 1.165) is 5.69 Å². The van der Waals surface area contributed by atoms with E-state index in [4.69, 9.17) is 11.6 Å². The molecule has 0 aromatic carbocycles. The summed E-state index contributed by atoms with van der Waals surface area (Å²) < 4.78 is 2.27. The summed E-state index contributed by atoms with van der Waals surface area (Å²) in [6, 6.07) is 0.620. The zero-order valence-corrected chi connectivity index (χ0v) is 10.3. The molecular formula is C12H19ClN2. The number of rotatable bonds is 2. The highest BCUT2D eigenvalue weighted by atomic mass is 35.5. The Hall–Kier alpha value is -0.500. The number of aromatic nitrogens is 2. The molecule has 0 unspecified atom stereocenters. The second-order valence-corrected chi connectivity index (χ2v) is 5.59. The van der Waals surface area contributed by atoms with Crippen LogP contribution in [0.1, 0.15) is 51.3 Å². The molecule has 0 aliphatic heterocycles. The van der Waals surface area contributed by atoms with Crippen LogP contribution in [0, 0.1) is 5.41 Å². The Balaban J connectivity index is 2.07. The zero-order chi connectivity index (χ0) is 10.9. The molecule has 1 heterocycles. The lowest BCUT2D eigenvalue weighted by molar-refractivity contribution is 0.192. The van der Waals surface area contributed by atoms with Crippen LogP contribution in [-0.2, 0) is 5.88 Å². The van der Waals surface area contributed by atoms with Crippen molar-refractivity contribution in [3.05, 3.63) is 18.2 Å². The van der Waals surface area contributed by atoms with Crippen molar-refractivity contribution in [2.45, 2.75) is 51.5 Å². The third-order valence-corrected chi connectivity index (χ3v) is 3.86. The molecule has 3 heteroatoms. The number of imidazole rings is 1. The van der Waals surface area contributed by atoms with Crippen LogP contribution in [0.15, 0.2) is 12.5 Å². The number of nitrogens with zero attached hydrogens (tertiary/aromatic N) is 2. The molecule has 1 fully saturated rings. The highest BCUT2D eigenvalue weighted by molar-refractivity contribution is 6.16. The molecule has 2 nitrogen and oxygen atoms in total. The third-order valence-electron chi connectivity index (χ3n) is 3.59. The average Bonchev–Trinajstić information content (AvgIpc) is 2.65. The van der Waals surface area contributed by atoms with Crippen LogP contribution >= 0.6 is 11.6 Å². The summed E-state index contributed by atoms with van der Waals surface area (Å²) in [5.41, 5.74) is 1.68. The lowest BCUT2D eigenvalue weighted by Gasteiger charge is -2.35. The van der Waals surface area contributed by atoms with E-state index in [1.54, 1.807) is 0 Å². The third kappa shape index (κ3) is 2.36. The van der Waals surface area contributed by atoms with Crippen molar-refractivity contribution in [1.29, 1.82) is 0 Å². The van der Waals surface area contributed by atoms with Crippen LogP contribution in [0.2, 0.25) is 0 Å². The lowest BCUT2D eigenvalue weighted by Crippen LogP contribution is -2.23. The number of hydrogen-bond acceptors (Lipinski definition) is 1. The summed E-state index contributed by atoms with van der Waals surface area (Å²) in [6.45, 7) is 4.72. The Morgan fingerprint density at radius 2 is 2.13 bits per heavy atom. The van der Waals surface area contributed by atoms with Crippen LogP contribution in [-0.4, -0.2) is 9.55 Å². The van der Waals surface area contributed by atoms with Gasteiger partial charge in [-0.05, 0) is 31.1 Å². The molecule has 1 aromatic rings. The van der Waals surface area contributed by atoms with Gasteiger partial charge in [-0.15, -0.1) is 11.6 Å². The minimum atomic E-state index is 0.526. The first-order chi connectivity index (χ1) is 7.12. The average molecular weight is 227 g/mol. The molecule has 2 rings (SSSR count). The monoisotopic (exact) mass is 226 g/mol. The van der Waals surface area contributed by atoms with E-state index in [-0.39, 0.29) is 0 Å². The van der Waals surface area contributed by atoms with Gasteiger partial charge in [0.1, 0.15) is 0 Å². The first-order valence-electron chi connectivity index (χ1n) is 5.69. The Labute approximate surface area is 96.7 Å². The van der Waals surface area contributed by atoms with E-state index >= 15 is 0 Å². The Kier molecular flexibility index (Phi) is 3.06. The summed E-state index contributed by atoms with van der Waals surface area (Å²) in [5.74, 6) is 0.569. The molecule has 0 spiro atoms. The SMILES string of the molecule is CC1(C)CCC(n2cncc2CCl)CC1. The van der Waals surface area contributed by atoms with Crippen molar-refractivity contribution in [1.82, 2.24) is 9.55 Å². The molecule has 84 valence electrons. The van der Waals surface area contributed by atoms with Gasteiger partial charge < -0.3 is 4.57 Å². The fraction of sp³-hybridized carbons (Fsp3) is 0.750. The Morgan fingerprint density at radius 1 is 1.47 bits per heavy atom. The first kappa shape index (κ1) is 11.0. The molecule has 0 amide bonds. The topological polar surface area (TPSA) is 17.8 Å². The fourth-order valence-corrected chi connectivity index (χ4v) is 2.63. The zero-order valence-electron chi connectivity index (χ0n) is 9.54. The first-order valence-corrected chi connectivity index (χ1v) is 6.22. The summed E-state index contributed by atoms with van der Waals surface area (Å²) in [6.07, 6.45) is 8.93. The summed E-state index contributed by atoms with van der Waals surface area (Å²) in [7, 11) is 0. The maximum absolute atomic E-state index is 5.89. The number of hydrogen-bond donors (Lipinski definition) is 0. The van der Waals surface area contributed by atoms with E-state index in [0.29, 0.717) is 17.3 Å². The van der Waals surface area contributed by atoms with Gasteiger partial charge in [-0.1, -0.05) is 13.8 Å². The van der Waals surface area contributed by atoms with Crippen LogP contribution in [0.25, 0.3) is 0 Å². The standard InChI is InChI=1S/C12H19ClN2/c1-12(2)5-3-10(4-6-12)15-9-14-8-11(15)7-13/h8-10H,3-7H2,1-2H3. The van der Waals surface area contributed by atoms with Crippen molar-refractivity contribution < 1.29 is 0 Å². The maximum atomic E-state index is 5.89. The van der Waals surface area contributed by atoms with E-state index < -0.39 is 0 Å². The van der Waals surface area contributed by atoms with E-state index in [1.807, 2.05) is 12.5 Å². The summed E-state index contributed by atoms with van der Waals surface area (Å²) in [4.78, 5) is 4.18. The quantitative estimate of drug-likeness (QED) is 0.703. The van der Waals surface area contributed by atoms with Gasteiger partial charge >= 0.3 is 0 Å². The van der Waals surface area contributed by atoms with Crippen molar-refractivity contribution in [3.8, 4) is 0 Å². The molecule has 1 aliphatic rings. The molecular weight excluding hydrogens is 208 g/mol. The minimum Gasteiger partial charge on any atom is -0.330 e. The second-order valence-electron chi connectivity index (χ2n) is 5.32. The molecule has 1 aliphatic carbocycles. The molecule has 0 saturated heterocycles. The molecule has 0 radical (unpaired) electrons. The van der Waals surface area contributed by atoms with Gasteiger partial charge in [0, 0.05) is 12.2 Å². The predicted molar refractivity (Wildman–Crippen MR) is 63.1 cm³/mol. The van der Waals surface area contributed by atoms with Gasteiger partial charge in [-0.2, -0.15) is 0 Å². The van der Waals surface area contributed by atoms with E-state index in [2.05, 4.69) is 23.4 Å². The van der Waals surface area contributed by atoms with Crippen LogP contribution in [0.4, 0.5) is 0 Å². The Morgan fingerprint density at radius 3 is 2.73 bits per heavy atom. The smallest absolute Gasteiger partial charge is 0.0951 e. The van der Waals surface area contributed by atoms with Gasteiger partial charge in [-0.25, -0.2) is 4.98 Å². The largest absolute Gasteiger partial charge is 0.330 e. The summed E-state index contributed by atoms with van der Waals surface area (Å²) >= 11 is 5.89. The second kappa shape index (κ2) is 4.17. The predicted octanol–water partition coefficient (Wildman–Crippen LogP) is 3.76. The van der Waals surface area contributed by atoms with Gasteiger partial charge in [0.2, 0.25) is 0 Å². The van der Waals surface area contributed by atoms with Crippen molar-refractivity contribution in [2.75, 3.05) is 0 Å². The summed E-state index contributed by atoms with van der Waals surface area (Å²) in [5, 5.41) is 0. The Bertz CT molecular complexity index is 320. The number of alkyl halides is 1. The molecule has 15 heavy (non-hydrogen) atoms. The molecule has 0 bridgehead atoms. The van der Waals surface area contributed by atoms with E-state index in [1.165, 1.54) is 25.7 Å². The highest BCUT2D eigenvalue weighted by Crippen LogP contribution is 2.40. The van der Waals surface area contributed by atoms with Gasteiger partial charge in [0.05, 0.1) is 17.9 Å². The van der Waals surface area contributed by atoms with Gasteiger partial charge in [0.25, 0.3) is 0 Å². The molecule has 1 aromatic heterocycles. The molecule has 1 saturated carbocycles. The van der Waals surface area contributed by atoms with E-state index in [9.17, 15) is 0 Å². The van der Waals surface area contributed by atoms with Crippen LogP contribution in [0.3, 0.4) is 0 Å². The fourth-order valence-electron chi connectivity index (χ4n) is 2.43. The molecule has 0 N–H and O–H groups in total. The van der Waals surface area contributed by atoms with Crippen molar-refractivity contribution >= 4 is 11.6 Å². The highest BCUT2D eigenvalue weighted by Gasteiger charge is 2.28. The van der Waals surface area contributed by atoms with Gasteiger partial charge in [0.15, 0.2) is 0 Å². The minimum absolute atomic E-state index is 0.526. The number of halogens is 1. The maximum Gasteiger partial charge on any atom is 0.0951 e. The van der Waals surface area contributed by atoms with Crippen LogP contribution in [0.5, 0.6) is 0 Å². The normalized spacial score (nSPS) is 21.8. The van der Waals surface area contributed by atoms with Gasteiger partial charge in [-0.3, -0.25) is 0 Å². The lowest BCUT2D eigenvalue weighted by atomic mass is 9.75. The molecule has 0 atom stereocenters. The van der Waals surface area contributed by atoms with Crippen molar-refractivity contribution in [3.63, 3.8) is 0 Å².